The van der Waals surface area contributed by atoms with Gasteiger partial charge in [-0.25, -0.2) is 8.42 Å². The fourth-order valence-corrected chi connectivity index (χ4v) is 3.06. The summed E-state index contributed by atoms with van der Waals surface area (Å²) in [6.07, 6.45) is 0. The number of nitrogens with one attached hydrogen (secondary N) is 2. The van der Waals surface area contributed by atoms with Crippen LogP contribution in [0.2, 0.25) is 0 Å². The van der Waals surface area contributed by atoms with Gasteiger partial charge in [-0.2, -0.15) is 0 Å². The van der Waals surface area contributed by atoms with Gasteiger partial charge in [-0.15, -0.1) is 0 Å². The molecule has 0 amide bonds. The third-order valence-electron chi connectivity index (χ3n) is 1.61. The molecular weight excluding hydrogens is 252 g/mol. The topological polar surface area (TPSA) is 88.3 Å². The van der Waals surface area contributed by atoms with Crippen LogP contribution in [0.1, 0.15) is 19.5 Å². The van der Waals surface area contributed by atoms with Gasteiger partial charge in [-0.05, 0) is 12.8 Å². The molecule has 92 valence electrons. The number of aryl methyl sites for hydroxylation is 1. The number of thiazole rings is 1. The lowest BCUT2D eigenvalue weighted by atomic mass is 10.2. The number of rotatable bonds is 5. The maximum atomic E-state index is 11.7. The number of hydrogen-bond acceptors (Lipinski definition) is 5. The Bertz CT molecular complexity index is 500. The Morgan fingerprint density at radius 1 is 1.50 bits per heavy atom. The Labute approximate surface area is 97.7 Å². The number of hydrogen-bond donors (Lipinski definition) is 2. The molecule has 0 saturated heterocycles. The fraction of sp³-hybridized carbons (Fsp3) is 0.625. The standard InChI is InChI=1S/C8H14N2O4S2/c1-5(2)4-14-10-16(12,13)7-6(3)9-8(11)15-7/h5,10H,4H2,1-3H3,(H,9,11). The highest BCUT2D eigenvalue weighted by atomic mass is 32.2. The Kier molecular flexibility index (Phi) is 4.25. The van der Waals surface area contributed by atoms with Crippen molar-refractivity contribution in [3.63, 3.8) is 0 Å². The lowest BCUT2D eigenvalue weighted by Crippen LogP contribution is -2.25. The van der Waals surface area contributed by atoms with E-state index in [1.54, 1.807) is 0 Å². The van der Waals surface area contributed by atoms with Crippen LogP contribution in [0.4, 0.5) is 0 Å². The molecule has 16 heavy (non-hydrogen) atoms. The highest BCUT2D eigenvalue weighted by molar-refractivity contribution is 7.91. The summed E-state index contributed by atoms with van der Waals surface area (Å²) in [6, 6.07) is 0. The van der Waals surface area contributed by atoms with Crippen molar-refractivity contribution in [2.75, 3.05) is 6.61 Å². The molecule has 0 aliphatic heterocycles. The molecule has 0 aromatic carbocycles. The Balaban J connectivity index is 2.79. The number of aromatic amines is 1. The van der Waals surface area contributed by atoms with Crippen LogP contribution in [0.15, 0.2) is 9.00 Å². The summed E-state index contributed by atoms with van der Waals surface area (Å²) in [5.74, 6) is 0.216. The molecule has 1 rings (SSSR count). The van der Waals surface area contributed by atoms with Crippen molar-refractivity contribution < 1.29 is 13.3 Å². The highest BCUT2D eigenvalue weighted by Gasteiger charge is 2.20. The van der Waals surface area contributed by atoms with Gasteiger partial charge < -0.3 is 4.98 Å². The zero-order valence-corrected chi connectivity index (χ0v) is 10.9. The smallest absolute Gasteiger partial charge is 0.305 e. The first kappa shape index (κ1) is 13.4. The van der Waals surface area contributed by atoms with Gasteiger partial charge in [0.25, 0.3) is 10.0 Å². The van der Waals surface area contributed by atoms with Crippen molar-refractivity contribution in [1.29, 1.82) is 0 Å². The van der Waals surface area contributed by atoms with Crippen molar-refractivity contribution in [2.45, 2.75) is 25.0 Å². The minimum atomic E-state index is -3.75. The zero-order chi connectivity index (χ0) is 12.3. The van der Waals surface area contributed by atoms with Gasteiger partial charge in [0.05, 0.1) is 6.61 Å². The van der Waals surface area contributed by atoms with E-state index in [-0.39, 0.29) is 16.7 Å². The van der Waals surface area contributed by atoms with Crippen LogP contribution < -0.4 is 9.76 Å². The third kappa shape index (κ3) is 3.41. The quantitative estimate of drug-likeness (QED) is 0.764. The van der Waals surface area contributed by atoms with Crippen LogP contribution in [0.25, 0.3) is 0 Å². The van der Waals surface area contributed by atoms with Crippen LogP contribution in [0, 0.1) is 12.8 Å². The van der Waals surface area contributed by atoms with Crippen molar-refractivity contribution in [3.05, 3.63) is 15.4 Å². The molecule has 6 nitrogen and oxygen atoms in total. The molecule has 0 unspecified atom stereocenters. The Morgan fingerprint density at radius 2 is 2.12 bits per heavy atom. The predicted octanol–water partition coefficient (Wildman–Crippen LogP) is 0.611. The summed E-state index contributed by atoms with van der Waals surface area (Å²) in [5, 5.41) is 0. The van der Waals surface area contributed by atoms with E-state index in [0.29, 0.717) is 17.0 Å². The molecule has 2 N–H and O–H groups in total. The lowest BCUT2D eigenvalue weighted by Gasteiger charge is -2.07. The van der Waals surface area contributed by atoms with E-state index < -0.39 is 14.9 Å². The fourth-order valence-electron chi connectivity index (χ4n) is 0.963. The van der Waals surface area contributed by atoms with E-state index in [1.165, 1.54) is 6.92 Å². The van der Waals surface area contributed by atoms with E-state index in [0.717, 1.165) is 0 Å². The number of sulfonamides is 1. The van der Waals surface area contributed by atoms with Crippen LogP contribution in [-0.4, -0.2) is 20.0 Å². The Hall–Kier alpha value is -0.700. The molecule has 0 aliphatic carbocycles. The summed E-state index contributed by atoms with van der Waals surface area (Å²) in [5.41, 5.74) is 0.315. The third-order valence-corrected chi connectivity index (χ3v) is 4.43. The molecule has 0 bridgehead atoms. The molecule has 0 atom stereocenters. The minimum absolute atomic E-state index is 0.0405. The second-order valence-electron chi connectivity index (χ2n) is 3.72. The van der Waals surface area contributed by atoms with Gasteiger partial charge in [0.2, 0.25) is 0 Å². The molecular formula is C8H14N2O4S2. The van der Waals surface area contributed by atoms with E-state index in [4.69, 9.17) is 4.84 Å². The lowest BCUT2D eigenvalue weighted by molar-refractivity contribution is 0.0720. The second-order valence-corrected chi connectivity index (χ2v) is 6.54. The van der Waals surface area contributed by atoms with Gasteiger partial charge in [0.15, 0.2) is 4.21 Å². The van der Waals surface area contributed by atoms with E-state index >= 15 is 0 Å². The monoisotopic (exact) mass is 266 g/mol. The second kappa shape index (κ2) is 5.09. The highest BCUT2D eigenvalue weighted by Crippen LogP contribution is 2.15. The van der Waals surface area contributed by atoms with Gasteiger partial charge in [-0.3, -0.25) is 9.63 Å². The maximum absolute atomic E-state index is 11.7. The average molecular weight is 266 g/mol. The Morgan fingerprint density at radius 3 is 2.56 bits per heavy atom. The van der Waals surface area contributed by atoms with Crippen LogP contribution in [0.5, 0.6) is 0 Å². The molecule has 1 aromatic rings. The van der Waals surface area contributed by atoms with Crippen molar-refractivity contribution in [3.8, 4) is 0 Å². The van der Waals surface area contributed by atoms with Crippen LogP contribution in [-0.2, 0) is 14.9 Å². The largest absolute Gasteiger partial charge is 0.315 e. The summed E-state index contributed by atoms with van der Waals surface area (Å²) in [4.78, 5) is 19.8. The van der Waals surface area contributed by atoms with Gasteiger partial charge in [0, 0.05) is 5.69 Å². The van der Waals surface area contributed by atoms with Crippen molar-refractivity contribution in [1.82, 2.24) is 9.87 Å². The van der Waals surface area contributed by atoms with E-state index in [9.17, 15) is 13.2 Å². The van der Waals surface area contributed by atoms with Gasteiger partial charge >= 0.3 is 4.87 Å². The SMILES string of the molecule is Cc1[nH]c(=O)sc1S(=O)(=O)NOCC(C)C. The molecule has 0 radical (unpaired) electrons. The molecule has 0 fully saturated rings. The van der Waals surface area contributed by atoms with E-state index in [2.05, 4.69) is 4.98 Å². The first-order valence-electron chi connectivity index (χ1n) is 4.66. The van der Waals surface area contributed by atoms with Gasteiger partial charge in [0.1, 0.15) is 0 Å². The van der Waals surface area contributed by atoms with E-state index in [1.807, 2.05) is 18.7 Å². The zero-order valence-electron chi connectivity index (χ0n) is 9.23. The van der Waals surface area contributed by atoms with Gasteiger partial charge in [-0.1, -0.05) is 30.1 Å². The van der Waals surface area contributed by atoms with Crippen LogP contribution in [0.3, 0.4) is 0 Å². The summed E-state index contributed by atoms with van der Waals surface area (Å²) < 4.78 is 23.3. The van der Waals surface area contributed by atoms with Crippen molar-refractivity contribution in [2.24, 2.45) is 5.92 Å². The van der Waals surface area contributed by atoms with Crippen molar-refractivity contribution >= 4 is 21.4 Å². The minimum Gasteiger partial charge on any atom is -0.315 e. The summed E-state index contributed by atoms with van der Waals surface area (Å²) >= 11 is 0.639. The molecule has 0 saturated carbocycles. The number of H-pyrrole nitrogens is 1. The molecule has 8 heteroatoms. The predicted molar refractivity (Wildman–Crippen MR) is 60.8 cm³/mol. The molecule has 0 aliphatic rings. The maximum Gasteiger partial charge on any atom is 0.305 e. The summed E-state index contributed by atoms with van der Waals surface area (Å²) in [7, 11) is -3.75. The first-order valence-corrected chi connectivity index (χ1v) is 6.96. The molecule has 0 spiro atoms. The van der Waals surface area contributed by atoms with Crippen LogP contribution >= 0.6 is 11.3 Å². The summed E-state index contributed by atoms with van der Waals surface area (Å²) in [6.45, 7) is 5.59. The number of aromatic nitrogens is 1. The average Bonchev–Trinajstić information content (AvgIpc) is 2.44. The first-order chi connectivity index (χ1) is 7.33. The molecule has 1 aromatic heterocycles. The molecule has 1 heterocycles. The normalized spacial score (nSPS) is 12.2.